The number of nitrogens with zero attached hydrogens (tertiary/aromatic N) is 3. The minimum atomic E-state index is -0.684. The first kappa shape index (κ1) is 16.3. The highest BCUT2D eigenvalue weighted by Gasteiger charge is 2.20. The molecule has 0 saturated carbocycles. The third kappa shape index (κ3) is 3.79. The third-order valence-corrected chi connectivity index (χ3v) is 2.73. The van der Waals surface area contributed by atoms with Crippen molar-refractivity contribution in [2.75, 3.05) is 5.73 Å². The molecule has 0 atom stereocenters. The first-order valence-corrected chi connectivity index (χ1v) is 6.75. The van der Waals surface area contributed by atoms with Gasteiger partial charge in [0.15, 0.2) is 6.29 Å². The number of carbonyl (C=O) groups excluding carboxylic acids is 2. The zero-order valence-electron chi connectivity index (χ0n) is 12.9. The maximum atomic E-state index is 12.1. The highest BCUT2D eigenvalue weighted by atomic mass is 16.6. The molecule has 8 heteroatoms. The second kappa shape index (κ2) is 5.99. The summed E-state index contributed by atoms with van der Waals surface area (Å²) in [5, 5.41) is 0. The summed E-state index contributed by atoms with van der Waals surface area (Å²) >= 11 is 0. The Morgan fingerprint density at radius 1 is 1.39 bits per heavy atom. The summed E-state index contributed by atoms with van der Waals surface area (Å²) in [7, 11) is 0. The molecule has 0 amide bonds. The van der Waals surface area contributed by atoms with Crippen molar-refractivity contribution in [3.8, 4) is 5.69 Å². The lowest BCUT2D eigenvalue weighted by Gasteiger charge is -2.19. The van der Waals surface area contributed by atoms with Gasteiger partial charge in [0.1, 0.15) is 17.1 Å². The van der Waals surface area contributed by atoms with Crippen molar-refractivity contribution in [3.63, 3.8) is 0 Å². The Hall–Kier alpha value is -3.03. The van der Waals surface area contributed by atoms with Gasteiger partial charge in [-0.2, -0.15) is 4.98 Å². The van der Waals surface area contributed by atoms with Crippen molar-refractivity contribution in [2.45, 2.75) is 26.4 Å². The fourth-order valence-corrected chi connectivity index (χ4v) is 1.80. The van der Waals surface area contributed by atoms with Gasteiger partial charge in [0.25, 0.3) is 0 Å². The first-order chi connectivity index (χ1) is 10.7. The summed E-state index contributed by atoms with van der Waals surface area (Å²) in [5.41, 5.74) is 4.31. The first-order valence-electron chi connectivity index (χ1n) is 6.75. The van der Waals surface area contributed by atoms with E-state index in [1.807, 2.05) is 0 Å². The van der Waals surface area contributed by atoms with Crippen LogP contribution < -0.4 is 11.4 Å². The number of hydrogen-bond donors (Lipinski definition) is 1. The van der Waals surface area contributed by atoms with Crippen LogP contribution in [0.5, 0.6) is 0 Å². The average molecular weight is 316 g/mol. The van der Waals surface area contributed by atoms with Crippen LogP contribution in [0.3, 0.4) is 0 Å². The largest absolute Gasteiger partial charge is 0.456 e. The zero-order chi connectivity index (χ0) is 17.2. The molecule has 0 aliphatic heterocycles. The van der Waals surface area contributed by atoms with Crippen molar-refractivity contribution in [3.05, 3.63) is 46.3 Å². The average Bonchev–Trinajstić information content (AvgIpc) is 2.45. The van der Waals surface area contributed by atoms with Crippen molar-refractivity contribution < 1.29 is 14.3 Å². The van der Waals surface area contributed by atoms with Crippen LogP contribution in [0, 0.1) is 0 Å². The zero-order valence-corrected chi connectivity index (χ0v) is 12.9. The smallest absolute Gasteiger partial charge is 0.354 e. The van der Waals surface area contributed by atoms with Gasteiger partial charge in [-0.1, -0.05) is 0 Å². The molecule has 0 aliphatic rings. The summed E-state index contributed by atoms with van der Waals surface area (Å²) in [5.74, 6) is -0.560. The van der Waals surface area contributed by atoms with Crippen LogP contribution >= 0.6 is 0 Å². The molecule has 0 fully saturated rings. The molecule has 0 aromatic carbocycles. The standard InChI is InChI=1S/C15H16N4O4/c1-15(2,3)23-13(21)9-6-11(10(8-20)17-7-9)19-5-4-12(16)18-14(19)22/h4-8H,1-3H3,(H2,16,18,22). The molecule has 23 heavy (non-hydrogen) atoms. The summed E-state index contributed by atoms with van der Waals surface area (Å²) in [6.07, 6.45) is 3.06. The minimum Gasteiger partial charge on any atom is -0.456 e. The maximum Gasteiger partial charge on any atom is 0.354 e. The Labute approximate surface area is 131 Å². The Morgan fingerprint density at radius 3 is 2.65 bits per heavy atom. The van der Waals surface area contributed by atoms with Gasteiger partial charge in [-0.3, -0.25) is 14.3 Å². The second-order valence-corrected chi connectivity index (χ2v) is 5.75. The molecule has 120 valence electrons. The number of ether oxygens (including phenoxy) is 1. The molecular formula is C15H16N4O4. The number of nitrogens with two attached hydrogens (primary N) is 1. The van der Waals surface area contributed by atoms with Gasteiger partial charge in [0.05, 0.1) is 11.3 Å². The number of nitrogen functional groups attached to an aromatic ring is 1. The minimum absolute atomic E-state index is 0.00835. The van der Waals surface area contributed by atoms with Gasteiger partial charge in [-0.25, -0.2) is 9.59 Å². The van der Waals surface area contributed by atoms with Crippen LogP contribution in [-0.2, 0) is 4.74 Å². The molecule has 0 unspecified atom stereocenters. The van der Waals surface area contributed by atoms with Crippen LogP contribution in [0.2, 0.25) is 0 Å². The predicted octanol–water partition coefficient (Wildman–Crippen LogP) is 0.977. The Kier molecular flexibility index (Phi) is 4.26. The van der Waals surface area contributed by atoms with Crippen molar-refractivity contribution in [1.29, 1.82) is 0 Å². The van der Waals surface area contributed by atoms with E-state index in [4.69, 9.17) is 10.5 Å². The Morgan fingerprint density at radius 2 is 2.09 bits per heavy atom. The van der Waals surface area contributed by atoms with E-state index in [0.717, 1.165) is 4.57 Å². The van der Waals surface area contributed by atoms with Gasteiger partial charge >= 0.3 is 11.7 Å². The number of aromatic nitrogens is 3. The molecular weight excluding hydrogens is 300 g/mol. The number of pyridine rings is 1. The summed E-state index contributed by atoms with van der Waals surface area (Å²) in [4.78, 5) is 42.7. The Balaban J connectivity index is 2.54. The quantitative estimate of drug-likeness (QED) is 0.662. The number of anilines is 1. The molecule has 0 bridgehead atoms. The normalized spacial score (nSPS) is 11.1. The fourth-order valence-electron chi connectivity index (χ4n) is 1.80. The number of aldehydes is 1. The SMILES string of the molecule is CC(C)(C)OC(=O)c1cnc(C=O)c(-n2ccc(N)nc2=O)c1. The highest BCUT2D eigenvalue weighted by Crippen LogP contribution is 2.16. The van der Waals surface area contributed by atoms with Gasteiger partial charge < -0.3 is 10.5 Å². The molecule has 0 radical (unpaired) electrons. The summed E-state index contributed by atoms with van der Waals surface area (Å²) < 4.78 is 6.33. The molecule has 8 nitrogen and oxygen atoms in total. The van der Waals surface area contributed by atoms with Gasteiger partial charge in [-0.15, -0.1) is 0 Å². The topological polar surface area (TPSA) is 117 Å². The van der Waals surface area contributed by atoms with Crippen LogP contribution in [0.15, 0.2) is 29.3 Å². The molecule has 2 N–H and O–H groups in total. The molecule has 0 spiro atoms. The van der Waals surface area contributed by atoms with Crippen LogP contribution in [0.25, 0.3) is 5.69 Å². The van der Waals surface area contributed by atoms with Crippen molar-refractivity contribution in [2.24, 2.45) is 0 Å². The molecule has 2 rings (SSSR count). The number of carbonyl (C=O) groups is 2. The maximum absolute atomic E-state index is 12.1. The van der Waals surface area contributed by atoms with E-state index in [2.05, 4.69) is 9.97 Å². The van der Waals surface area contributed by atoms with Crippen LogP contribution in [0.1, 0.15) is 41.6 Å². The molecule has 2 heterocycles. The van der Waals surface area contributed by atoms with E-state index in [-0.39, 0.29) is 22.8 Å². The van der Waals surface area contributed by atoms with E-state index in [9.17, 15) is 14.4 Å². The third-order valence-electron chi connectivity index (χ3n) is 2.73. The lowest BCUT2D eigenvalue weighted by atomic mass is 10.1. The van der Waals surface area contributed by atoms with Gasteiger partial charge in [0.2, 0.25) is 0 Å². The monoisotopic (exact) mass is 316 g/mol. The van der Waals surface area contributed by atoms with E-state index in [1.54, 1.807) is 20.8 Å². The number of rotatable bonds is 3. The van der Waals surface area contributed by atoms with Gasteiger partial charge in [-0.05, 0) is 32.9 Å². The molecule has 2 aromatic rings. The van der Waals surface area contributed by atoms with Crippen molar-refractivity contribution >= 4 is 18.1 Å². The Bertz CT molecular complexity index is 821. The second-order valence-electron chi connectivity index (χ2n) is 5.75. The van der Waals surface area contributed by atoms with Crippen LogP contribution in [-0.4, -0.2) is 32.4 Å². The van der Waals surface area contributed by atoms with E-state index in [1.165, 1.54) is 24.5 Å². The summed E-state index contributed by atoms with van der Waals surface area (Å²) in [6, 6.07) is 2.75. The predicted molar refractivity (Wildman–Crippen MR) is 82.6 cm³/mol. The lowest BCUT2D eigenvalue weighted by molar-refractivity contribution is 0.00688. The lowest BCUT2D eigenvalue weighted by Crippen LogP contribution is -2.25. The molecule has 2 aromatic heterocycles. The van der Waals surface area contributed by atoms with E-state index < -0.39 is 17.3 Å². The van der Waals surface area contributed by atoms with E-state index >= 15 is 0 Å². The van der Waals surface area contributed by atoms with Crippen molar-refractivity contribution in [1.82, 2.24) is 14.5 Å². The molecule has 0 aliphatic carbocycles. The highest BCUT2D eigenvalue weighted by molar-refractivity contribution is 5.91. The summed E-state index contributed by atoms with van der Waals surface area (Å²) in [6.45, 7) is 5.19. The van der Waals surface area contributed by atoms with Crippen LogP contribution in [0.4, 0.5) is 5.82 Å². The molecule has 0 saturated heterocycles. The van der Waals surface area contributed by atoms with Gasteiger partial charge in [0, 0.05) is 12.4 Å². The number of esters is 1. The number of hydrogen-bond acceptors (Lipinski definition) is 7. The van der Waals surface area contributed by atoms with E-state index in [0.29, 0.717) is 6.29 Å². The fraction of sp³-hybridized carbons (Fsp3) is 0.267.